The summed E-state index contributed by atoms with van der Waals surface area (Å²) in [6, 6.07) is 8.95. The lowest BCUT2D eigenvalue weighted by Crippen LogP contribution is -2.30. The second-order valence-electron chi connectivity index (χ2n) is 5.26. The average molecular weight is 357 g/mol. The SMILES string of the molecule is COCCNC(=O)c1cc2ccc(OC(=O)c3ccco3)cc2oc1=O. The van der Waals surface area contributed by atoms with Crippen molar-refractivity contribution in [2.75, 3.05) is 20.3 Å². The van der Waals surface area contributed by atoms with Crippen LogP contribution < -0.4 is 15.7 Å². The third kappa shape index (κ3) is 3.81. The molecule has 0 saturated carbocycles. The van der Waals surface area contributed by atoms with Crippen LogP contribution in [-0.4, -0.2) is 32.1 Å². The maximum Gasteiger partial charge on any atom is 0.379 e. The molecule has 2 aromatic heterocycles. The Kier molecular flexibility index (Phi) is 5.14. The highest BCUT2D eigenvalue weighted by atomic mass is 16.5. The number of carbonyl (C=O) groups excluding carboxylic acids is 2. The topological polar surface area (TPSA) is 108 Å². The molecule has 0 unspecified atom stereocenters. The Hall–Kier alpha value is -3.39. The number of ether oxygens (including phenoxy) is 2. The first-order valence-electron chi connectivity index (χ1n) is 7.69. The van der Waals surface area contributed by atoms with Crippen molar-refractivity contribution in [3.8, 4) is 5.75 Å². The fourth-order valence-electron chi connectivity index (χ4n) is 2.23. The molecule has 0 saturated heterocycles. The van der Waals surface area contributed by atoms with Gasteiger partial charge < -0.3 is 23.6 Å². The summed E-state index contributed by atoms with van der Waals surface area (Å²) >= 11 is 0. The van der Waals surface area contributed by atoms with Crippen LogP contribution in [0.1, 0.15) is 20.9 Å². The van der Waals surface area contributed by atoms with E-state index in [0.29, 0.717) is 12.0 Å². The third-order valence-electron chi connectivity index (χ3n) is 3.48. The number of hydrogen-bond donors (Lipinski definition) is 1. The van der Waals surface area contributed by atoms with E-state index in [1.165, 1.54) is 37.6 Å². The highest BCUT2D eigenvalue weighted by molar-refractivity contribution is 5.97. The smallest absolute Gasteiger partial charge is 0.379 e. The number of furan rings is 1. The Bertz CT molecular complexity index is 988. The molecule has 1 aromatic carbocycles. The van der Waals surface area contributed by atoms with Crippen LogP contribution in [0.4, 0.5) is 0 Å². The fourth-order valence-corrected chi connectivity index (χ4v) is 2.23. The van der Waals surface area contributed by atoms with E-state index < -0.39 is 17.5 Å². The van der Waals surface area contributed by atoms with E-state index in [0.717, 1.165) is 0 Å². The molecule has 1 amide bonds. The van der Waals surface area contributed by atoms with Gasteiger partial charge in [0.25, 0.3) is 5.91 Å². The number of benzene rings is 1. The van der Waals surface area contributed by atoms with Gasteiger partial charge >= 0.3 is 11.6 Å². The number of methoxy groups -OCH3 is 1. The first-order chi connectivity index (χ1) is 12.6. The van der Waals surface area contributed by atoms with E-state index in [1.807, 2.05) is 0 Å². The van der Waals surface area contributed by atoms with Crippen LogP contribution in [0.5, 0.6) is 5.75 Å². The minimum absolute atomic E-state index is 0.0506. The van der Waals surface area contributed by atoms with Crippen molar-refractivity contribution in [3.63, 3.8) is 0 Å². The van der Waals surface area contributed by atoms with Crippen molar-refractivity contribution < 1.29 is 27.9 Å². The molecule has 0 bridgehead atoms. The van der Waals surface area contributed by atoms with Crippen LogP contribution in [0.15, 0.2) is 56.3 Å². The third-order valence-corrected chi connectivity index (χ3v) is 3.48. The Morgan fingerprint density at radius 2 is 2.04 bits per heavy atom. The lowest BCUT2D eigenvalue weighted by atomic mass is 10.1. The number of nitrogens with one attached hydrogen (secondary N) is 1. The first kappa shape index (κ1) is 17.4. The summed E-state index contributed by atoms with van der Waals surface area (Å²) in [5.74, 6) is -0.995. The number of fused-ring (bicyclic) bond motifs is 1. The van der Waals surface area contributed by atoms with Crippen molar-refractivity contribution in [2.24, 2.45) is 0 Å². The molecule has 134 valence electrons. The van der Waals surface area contributed by atoms with Gasteiger partial charge in [-0.25, -0.2) is 9.59 Å². The van der Waals surface area contributed by atoms with Gasteiger partial charge in [-0.2, -0.15) is 0 Å². The van der Waals surface area contributed by atoms with Gasteiger partial charge in [-0.3, -0.25) is 4.79 Å². The molecule has 0 spiro atoms. The molecule has 0 radical (unpaired) electrons. The highest BCUT2D eigenvalue weighted by Crippen LogP contribution is 2.21. The van der Waals surface area contributed by atoms with Crippen LogP contribution in [0.25, 0.3) is 11.0 Å². The van der Waals surface area contributed by atoms with Gasteiger partial charge in [0.05, 0.1) is 12.9 Å². The molecule has 3 aromatic rings. The molecule has 3 rings (SSSR count). The van der Waals surface area contributed by atoms with E-state index in [4.69, 9.17) is 18.3 Å². The summed E-state index contributed by atoms with van der Waals surface area (Å²) in [6.07, 6.45) is 1.36. The molecule has 2 heterocycles. The second-order valence-corrected chi connectivity index (χ2v) is 5.26. The van der Waals surface area contributed by atoms with Crippen LogP contribution >= 0.6 is 0 Å². The zero-order valence-electron chi connectivity index (χ0n) is 13.8. The summed E-state index contributed by atoms with van der Waals surface area (Å²) in [5, 5.41) is 3.07. The van der Waals surface area contributed by atoms with E-state index in [1.54, 1.807) is 12.1 Å². The van der Waals surface area contributed by atoms with Gasteiger partial charge in [-0.1, -0.05) is 0 Å². The second kappa shape index (κ2) is 7.66. The molecule has 0 atom stereocenters. The normalized spacial score (nSPS) is 10.7. The molecule has 0 aliphatic heterocycles. The van der Waals surface area contributed by atoms with Gasteiger partial charge in [-0.15, -0.1) is 0 Å². The van der Waals surface area contributed by atoms with Gasteiger partial charge in [0.1, 0.15) is 16.9 Å². The molecular formula is C18H15NO7. The number of esters is 1. The zero-order chi connectivity index (χ0) is 18.5. The van der Waals surface area contributed by atoms with Crippen molar-refractivity contribution in [1.82, 2.24) is 5.32 Å². The summed E-state index contributed by atoms with van der Waals surface area (Å²) < 4.78 is 20.1. The van der Waals surface area contributed by atoms with Gasteiger partial charge in [-0.05, 0) is 30.3 Å². The van der Waals surface area contributed by atoms with Gasteiger partial charge in [0.15, 0.2) is 0 Å². The fraction of sp³-hybridized carbons (Fsp3) is 0.167. The summed E-state index contributed by atoms with van der Waals surface area (Å²) in [7, 11) is 1.51. The minimum Gasteiger partial charge on any atom is -0.457 e. The van der Waals surface area contributed by atoms with E-state index >= 15 is 0 Å². The monoisotopic (exact) mass is 357 g/mol. The zero-order valence-corrected chi connectivity index (χ0v) is 13.8. The predicted molar refractivity (Wildman–Crippen MR) is 90.4 cm³/mol. The summed E-state index contributed by atoms with van der Waals surface area (Å²) in [5.41, 5.74) is -0.718. The van der Waals surface area contributed by atoms with Gasteiger partial charge in [0, 0.05) is 25.1 Å². The Labute approximate surface area is 147 Å². The Morgan fingerprint density at radius 3 is 2.77 bits per heavy atom. The van der Waals surface area contributed by atoms with Crippen molar-refractivity contribution in [2.45, 2.75) is 0 Å². The lowest BCUT2D eigenvalue weighted by Gasteiger charge is -2.06. The standard InChI is InChI=1S/C18H15NO7/c1-23-8-6-19-16(20)13-9-11-4-5-12(10-15(11)26-17(13)21)25-18(22)14-3-2-7-24-14/h2-5,7,9-10H,6,8H2,1H3,(H,19,20). The Balaban J connectivity index is 1.82. The number of rotatable bonds is 6. The van der Waals surface area contributed by atoms with Crippen LogP contribution in [0.3, 0.4) is 0 Å². The van der Waals surface area contributed by atoms with Crippen molar-refractivity contribution in [3.05, 3.63) is 64.4 Å². The summed E-state index contributed by atoms with van der Waals surface area (Å²) in [4.78, 5) is 35.9. The number of amides is 1. The number of carbonyl (C=O) groups is 2. The van der Waals surface area contributed by atoms with Crippen LogP contribution in [-0.2, 0) is 4.74 Å². The van der Waals surface area contributed by atoms with Gasteiger partial charge in [0.2, 0.25) is 5.76 Å². The van der Waals surface area contributed by atoms with Crippen molar-refractivity contribution >= 4 is 22.8 Å². The predicted octanol–water partition coefficient (Wildman–Crippen LogP) is 1.98. The largest absolute Gasteiger partial charge is 0.457 e. The maximum absolute atomic E-state index is 12.0. The Morgan fingerprint density at radius 1 is 1.19 bits per heavy atom. The van der Waals surface area contributed by atoms with Crippen molar-refractivity contribution in [1.29, 1.82) is 0 Å². The highest BCUT2D eigenvalue weighted by Gasteiger charge is 2.15. The first-order valence-corrected chi connectivity index (χ1v) is 7.69. The minimum atomic E-state index is -0.790. The van der Waals surface area contributed by atoms with Crippen LogP contribution in [0, 0.1) is 0 Å². The quantitative estimate of drug-likeness (QED) is 0.311. The lowest BCUT2D eigenvalue weighted by molar-refractivity contribution is 0.0701. The maximum atomic E-state index is 12.0. The van der Waals surface area contributed by atoms with E-state index in [9.17, 15) is 14.4 Å². The van der Waals surface area contributed by atoms with E-state index in [2.05, 4.69) is 5.32 Å². The molecule has 26 heavy (non-hydrogen) atoms. The molecule has 0 aliphatic rings. The molecule has 0 aliphatic carbocycles. The molecular weight excluding hydrogens is 342 g/mol. The number of hydrogen-bond acceptors (Lipinski definition) is 7. The summed E-state index contributed by atoms with van der Waals surface area (Å²) in [6.45, 7) is 0.601. The molecule has 8 heteroatoms. The molecule has 8 nitrogen and oxygen atoms in total. The average Bonchev–Trinajstić information content (AvgIpc) is 3.16. The molecule has 0 fully saturated rings. The van der Waals surface area contributed by atoms with Crippen LogP contribution in [0.2, 0.25) is 0 Å². The van der Waals surface area contributed by atoms with E-state index in [-0.39, 0.29) is 29.2 Å². The molecule has 1 N–H and O–H groups in total.